The van der Waals surface area contributed by atoms with Gasteiger partial charge in [0.05, 0.1) is 10.7 Å². The number of rotatable bonds is 3. The van der Waals surface area contributed by atoms with E-state index in [1.807, 2.05) is 45.3 Å². The summed E-state index contributed by atoms with van der Waals surface area (Å²) in [5, 5.41) is 3.26. The number of nitrogens with zero attached hydrogens (tertiary/aromatic N) is 2. The van der Waals surface area contributed by atoms with Crippen molar-refractivity contribution in [3.05, 3.63) is 70.4 Å². The molecule has 0 aliphatic heterocycles. The molecule has 2 heterocycles. The summed E-state index contributed by atoms with van der Waals surface area (Å²) < 4.78 is 0. The first-order chi connectivity index (χ1) is 10.3. The lowest BCUT2D eigenvalue weighted by atomic mass is 10.0. The Kier molecular flexibility index (Phi) is 5.64. The molecule has 0 N–H and O–H groups in total. The first-order valence-electron chi connectivity index (χ1n) is 7.21. The Bertz CT molecular complexity index is 657. The van der Waals surface area contributed by atoms with Crippen LogP contribution >= 0.6 is 11.3 Å². The minimum atomic E-state index is 0.904. The minimum absolute atomic E-state index is 0.904. The molecule has 1 aromatic carbocycles. The smallest absolute Gasteiger partial charge is 0.0897 e. The van der Waals surface area contributed by atoms with Crippen molar-refractivity contribution in [3.8, 4) is 11.1 Å². The quantitative estimate of drug-likeness (QED) is 0.669. The lowest BCUT2D eigenvalue weighted by Gasteiger charge is -2.03. The second-order valence-electron chi connectivity index (χ2n) is 4.47. The largest absolute Gasteiger partial charge is 0.265 e. The summed E-state index contributed by atoms with van der Waals surface area (Å²) >= 11 is 1.71. The van der Waals surface area contributed by atoms with E-state index >= 15 is 0 Å². The Morgan fingerprint density at radius 3 is 2.10 bits per heavy atom. The zero-order valence-corrected chi connectivity index (χ0v) is 13.5. The average molecular weight is 296 g/mol. The van der Waals surface area contributed by atoms with Crippen LogP contribution in [0.1, 0.15) is 30.1 Å². The van der Waals surface area contributed by atoms with E-state index in [0.717, 1.165) is 17.1 Å². The molecule has 0 amide bonds. The third-order valence-electron chi connectivity index (χ3n) is 3.02. The fraction of sp³-hybridized carbons (Fsp3) is 0.222. The van der Waals surface area contributed by atoms with E-state index < -0.39 is 0 Å². The Balaban J connectivity index is 0.000000774. The molecule has 21 heavy (non-hydrogen) atoms. The van der Waals surface area contributed by atoms with E-state index in [1.54, 1.807) is 11.3 Å². The van der Waals surface area contributed by atoms with Crippen LogP contribution in [0.2, 0.25) is 0 Å². The van der Waals surface area contributed by atoms with Gasteiger partial charge in [-0.2, -0.15) is 0 Å². The summed E-state index contributed by atoms with van der Waals surface area (Å²) in [6.07, 6.45) is 4.55. The first-order valence-corrected chi connectivity index (χ1v) is 8.09. The molecule has 0 spiro atoms. The fourth-order valence-electron chi connectivity index (χ4n) is 2.06. The van der Waals surface area contributed by atoms with Gasteiger partial charge in [-0.15, -0.1) is 11.3 Å². The molecule has 3 aromatic rings. The summed E-state index contributed by atoms with van der Waals surface area (Å²) in [6, 6.07) is 12.7. The van der Waals surface area contributed by atoms with Crippen molar-refractivity contribution < 1.29 is 0 Å². The molecule has 3 rings (SSSR count). The molecule has 0 fully saturated rings. The standard InChI is InChI=1S/C16H14N2S.C2H6/c1-12-18-16(11-19-12)10-13-2-4-14(5-3-13)15-6-8-17-9-7-15;1-2/h2-9,11H,10H2,1H3;1-2H3. The molecule has 0 aliphatic carbocycles. The van der Waals surface area contributed by atoms with Gasteiger partial charge in [0.25, 0.3) is 0 Å². The molecule has 0 radical (unpaired) electrons. The highest BCUT2D eigenvalue weighted by Gasteiger charge is 2.01. The van der Waals surface area contributed by atoms with Crippen LogP contribution in [-0.2, 0) is 6.42 Å². The molecule has 0 atom stereocenters. The maximum atomic E-state index is 4.50. The summed E-state index contributed by atoms with van der Waals surface area (Å²) in [5.74, 6) is 0. The molecule has 2 nitrogen and oxygen atoms in total. The maximum Gasteiger partial charge on any atom is 0.0897 e. The van der Waals surface area contributed by atoms with Gasteiger partial charge in [-0.1, -0.05) is 38.1 Å². The third-order valence-corrected chi connectivity index (χ3v) is 3.84. The van der Waals surface area contributed by atoms with Gasteiger partial charge in [0, 0.05) is 24.2 Å². The average Bonchev–Trinajstić information content (AvgIpc) is 2.96. The number of aromatic nitrogens is 2. The molecule has 108 valence electrons. The Labute approximate surface area is 130 Å². The van der Waals surface area contributed by atoms with Crippen molar-refractivity contribution in [2.24, 2.45) is 0 Å². The number of pyridine rings is 1. The highest BCUT2D eigenvalue weighted by molar-refractivity contribution is 7.09. The molecular weight excluding hydrogens is 276 g/mol. The van der Waals surface area contributed by atoms with Crippen LogP contribution in [0.25, 0.3) is 11.1 Å². The summed E-state index contributed by atoms with van der Waals surface area (Å²) in [7, 11) is 0. The molecule has 0 aliphatic rings. The molecule has 0 saturated carbocycles. The fourth-order valence-corrected chi connectivity index (χ4v) is 2.67. The Morgan fingerprint density at radius 1 is 0.905 bits per heavy atom. The maximum absolute atomic E-state index is 4.50. The second kappa shape index (κ2) is 7.70. The highest BCUT2D eigenvalue weighted by atomic mass is 32.1. The van der Waals surface area contributed by atoms with Crippen LogP contribution in [-0.4, -0.2) is 9.97 Å². The predicted octanol–water partition coefficient (Wildman–Crippen LogP) is 5.13. The van der Waals surface area contributed by atoms with Crippen LogP contribution in [0.4, 0.5) is 0 Å². The number of benzene rings is 1. The molecule has 0 saturated heterocycles. The normalized spacial score (nSPS) is 9.86. The van der Waals surface area contributed by atoms with Crippen molar-refractivity contribution in [2.75, 3.05) is 0 Å². The van der Waals surface area contributed by atoms with Gasteiger partial charge in [-0.3, -0.25) is 4.98 Å². The molecule has 0 bridgehead atoms. The van der Waals surface area contributed by atoms with E-state index in [0.29, 0.717) is 0 Å². The van der Waals surface area contributed by atoms with Crippen LogP contribution < -0.4 is 0 Å². The van der Waals surface area contributed by atoms with Crippen molar-refractivity contribution in [2.45, 2.75) is 27.2 Å². The van der Waals surface area contributed by atoms with Crippen molar-refractivity contribution in [1.29, 1.82) is 0 Å². The van der Waals surface area contributed by atoms with Gasteiger partial charge in [0.15, 0.2) is 0 Å². The molecular formula is C18H20N2S. The van der Waals surface area contributed by atoms with Crippen LogP contribution in [0.3, 0.4) is 0 Å². The highest BCUT2D eigenvalue weighted by Crippen LogP contribution is 2.20. The minimum Gasteiger partial charge on any atom is -0.265 e. The van der Waals surface area contributed by atoms with Crippen LogP contribution in [0, 0.1) is 6.92 Å². The summed E-state index contributed by atoms with van der Waals surface area (Å²) in [4.78, 5) is 8.54. The zero-order chi connectivity index (χ0) is 15.1. The van der Waals surface area contributed by atoms with Crippen molar-refractivity contribution in [3.63, 3.8) is 0 Å². The Morgan fingerprint density at radius 2 is 1.52 bits per heavy atom. The third kappa shape index (κ3) is 4.23. The Hall–Kier alpha value is -2.00. The van der Waals surface area contributed by atoms with Gasteiger partial charge in [-0.05, 0) is 35.7 Å². The monoisotopic (exact) mass is 296 g/mol. The second-order valence-corrected chi connectivity index (χ2v) is 5.53. The van der Waals surface area contributed by atoms with Gasteiger partial charge in [0.1, 0.15) is 0 Å². The topological polar surface area (TPSA) is 25.8 Å². The van der Waals surface area contributed by atoms with Crippen molar-refractivity contribution in [1.82, 2.24) is 9.97 Å². The number of aryl methyl sites for hydroxylation is 1. The van der Waals surface area contributed by atoms with Gasteiger partial charge in [-0.25, -0.2) is 4.98 Å². The lowest BCUT2D eigenvalue weighted by Crippen LogP contribution is -1.88. The SMILES string of the molecule is CC.Cc1nc(Cc2ccc(-c3ccncc3)cc2)cs1. The van der Waals surface area contributed by atoms with E-state index in [-0.39, 0.29) is 0 Å². The lowest BCUT2D eigenvalue weighted by molar-refractivity contribution is 1.08. The predicted molar refractivity (Wildman–Crippen MR) is 90.7 cm³/mol. The van der Waals surface area contributed by atoms with Crippen molar-refractivity contribution >= 4 is 11.3 Å². The summed E-state index contributed by atoms with van der Waals surface area (Å²) in [5.41, 5.74) is 4.87. The number of hydrogen-bond donors (Lipinski definition) is 0. The van der Waals surface area contributed by atoms with Gasteiger partial charge >= 0.3 is 0 Å². The van der Waals surface area contributed by atoms with Crippen LogP contribution in [0.15, 0.2) is 54.2 Å². The zero-order valence-electron chi connectivity index (χ0n) is 12.7. The number of thiazole rings is 1. The van der Waals surface area contributed by atoms with Gasteiger partial charge < -0.3 is 0 Å². The number of hydrogen-bond acceptors (Lipinski definition) is 3. The van der Waals surface area contributed by atoms with Crippen LogP contribution in [0.5, 0.6) is 0 Å². The summed E-state index contributed by atoms with van der Waals surface area (Å²) in [6.45, 7) is 6.04. The van der Waals surface area contributed by atoms with E-state index in [1.165, 1.54) is 16.7 Å². The van der Waals surface area contributed by atoms with E-state index in [4.69, 9.17) is 0 Å². The first kappa shape index (κ1) is 15.4. The van der Waals surface area contributed by atoms with Gasteiger partial charge in [0.2, 0.25) is 0 Å². The molecule has 2 aromatic heterocycles. The van der Waals surface area contributed by atoms with E-state index in [2.05, 4.69) is 39.6 Å². The van der Waals surface area contributed by atoms with E-state index in [9.17, 15) is 0 Å². The molecule has 3 heteroatoms. The molecule has 0 unspecified atom stereocenters.